The van der Waals surface area contributed by atoms with E-state index in [1.165, 1.54) is 0 Å². The number of nitrogens with two attached hydrogens (primary N) is 1. The van der Waals surface area contributed by atoms with Gasteiger partial charge in [-0.2, -0.15) is 5.21 Å². The minimum absolute atomic E-state index is 0.0349. The first kappa shape index (κ1) is 38.2. The van der Waals surface area contributed by atoms with E-state index in [0.29, 0.717) is 55.9 Å². The number of aromatic amines is 1. The summed E-state index contributed by atoms with van der Waals surface area (Å²) in [6.07, 6.45) is 3.53. The Hall–Kier alpha value is -5.02. The minimum Gasteiger partial charge on any atom is -0.394 e. The zero-order valence-electron chi connectivity index (χ0n) is 29.5. The highest BCUT2D eigenvalue weighted by Gasteiger charge is 2.29. The number of hydrogen-bond acceptors (Lipinski definition) is 10. The van der Waals surface area contributed by atoms with Gasteiger partial charge in [0, 0.05) is 35.7 Å². The topological polar surface area (TPSA) is 206 Å². The van der Waals surface area contributed by atoms with Crippen molar-refractivity contribution in [3.63, 3.8) is 0 Å². The summed E-state index contributed by atoms with van der Waals surface area (Å²) in [6, 6.07) is 19.6. The van der Waals surface area contributed by atoms with Crippen LogP contribution in [0.15, 0.2) is 66.7 Å². The molecule has 5 rings (SSSR count). The van der Waals surface area contributed by atoms with Crippen LogP contribution in [0.25, 0.3) is 22.5 Å². The van der Waals surface area contributed by atoms with Crippen LogP contribution in [0.1, 0.15) is 47.2 Å². The number of anilines is 1. The predicted octanol–water partition coefficient (Wildman–Crippen LogP) is 3.03. The highest BCUT2D eigenvalue weighted by molar-refractivity contribution is 5.98. The molecule has 0 aliphatic heterocycles. The number of aromatic nitrogens is 4. The van der Waals surface area contributed by atoms with Crippen molar-refractivity contribution >= 4 is 23.4 Å². The smallest absolute Gasteiger partial charge is 0.251 e. The van der Waals surface area contributed by atoms with Crippen molar-refractivity contribution in [1.29, 1.82) is 0 Å². The van der Waals surface area contributed by atoms with Crippen LogP contribution in [0.2, 0.25) is 0 Å². The van der Waals surface area contributed by atoms with Gasteiger partial charge in [-0.1, -0.05) is 30.3 Å². The maximum Gasteiger partial charge on any atom is 0.251 e. The van der Waals surface area contributed by atoms with Crippen molar-refractivity contribution in [2.24, 2.45) is 17.6 Å². The number of amides is 3. The number of carbonyl (C=O) groups excluding carboxylic acids is 3. The van der Waals surface area contributed by atoms with Crippen LogP contribution >= 0.6 is 0 Å². The van der Waals surface area contributed by atoms with Gasteiger partial charge in [0.05, 0.1) is 33.0 Å². The van der Waals surface area contributed by atoms with Crippen molar-refractivity contribution in [3.05, 3.63) is 83.4 Å². The number of benzene rings is 3. The summed E-state index contributed by atoms with van der Waals surface area (Å²) in [5.74, 6) is 0.0104. The molecule has 0 saturated heterocycles. The Morgan fingerprint density at radius 3 is 2.42 bits per heavy atom. The molecule has 14 nitrogen and oxygen atoms in total. The lowest BCUT2D eigenvalue weighted by Crippen LogP contribution is -2.48. The highest BCUT2D eigenvalue weighted by Crippen LogP contribution is 2.29. The van der Waals surface area contributed by atoms with E-state index in [4.69, 9.17) is 20.3 Å². The molecule has 1 unspecified atom stereocenters. The summed E-state index contributed by atoms with van der Waals surface area (Å²) >= 11 is 0. The number of aliphatic hydroxyl groups is 1. The molecule has 3 aromatic carbocycles. The molecule has 1 aliphatic carbocycles. The normalized spacial score (nSPS) is 16.2. The van der Waals surface area contributed by atoms with Crippen molar-refractivity contribution in [2.75, 3.05) is 51.4 Å². The van der Waals surface area contributed by atoms with Crippen LogP contribution in [-0.2, 0) is 25.5 Å². The van der Waals surface area contributed by atoms with E-state index in [1.54, 1.807) is 30.3 Å². The predicted molar refractivity (Wildman–Crippen MR) is 196 cm³/mol. The Balaban J connectivity index is 1.27. The molecule has 7 N–H and O–H groups in total. The maximum atomic E-state index is 13.8. The summed E-state index contributed by atoms with van der Waals surface area (Å²) in [5, 5.41) is 31.7. The first-order valence-electron chi connectivity index (χ1n) is 17.7. The van der Waals surface area contributed by atoms with Gasteiger partial charge in [-0.05, 0) is 109 Å². The van der Waals surface area contributed by atoms with Gasteiger partial charge in [0.25, 0.3) is 5.91 Å². The average Bonchev–Trinajstić information content (AvgIpc) is 3.71. The van der Waals surface area contributed by atoms with E-state index < -0.39 is 6.04 Å². The third-order valence-electron chi connectivity index (χ3n) is 9.26. The number of aliphatic hydroxyl groups excluding tert-OH is 1. The maximum absolute atomic E-state index is 13.8. The van der Waals surface area contributed by atoms with E-state index >= 15 is 0 Å². The summed E-state index contributed by atoms with van der Waals surface area (Å²) in [7, 11) is 0. The number of tetrazole rings is 1. The summed E-state index contributed by atoms with van der Waals surface area (Å²) in [6.45, 7) is 4.25. The van der Waals surface area contributed by atoms with E-state index in [2.05, 4.69) is 36.6 Å². The third-order valence-corrected chi connectivity index (χ3v) is 9.26. The second-order valence-electron chi connectivity index (χ2n) is 13.0. The molecular weight excluding hydrogens is 664 g/mol. The van der Waals surface area contributed by atoms with Crippen molar-refractivity contribution in [3.8, 4) is 22.5 Å². The number of hydrogen-bond donors (Lipinski definition) is 6. The number of nitrogens with zero attached hydrogens (tertiary/aromatic N) is 3. The quantitative estimate of drug-likeness (QED) is 0.0832. The SMILES string of the molecule is Cc1ccc(C(=O)NCCOCCOCCO)cc1-c1cccc(CC(NC(=O)C2CCC(CN)CC2)C(=O)Nc2ccc(-c3nn[nH]n3)cc2)c1. The third kappa shape index (κ3) is 11.0. The number of ether oxygens (including phenoxy) is 2. The van der Waals surface area contributed by atoms with Gasteiger partial charge >= 0.3 is 0 Å². The Bertz CT molecular complexity index is 1740. The Morgan fingerprint density at radius 1 is 0.942 bits per heavy atom. The number of H-pyrrole nitrogens is 1. The van der Waals surface area contributed by atoms with Gasteiger partial charge in [-0.3, -0.25) is 14.4 Å². The average molecular weight is 713 g/mol. The largest absolute Gasteiger partial charge is 0.394 e. The van der Waals surface area contributed by atoms with E-state index in [0.717, 1.165) is 53.5 Å². The van der Waals surface area contributed by atoms with Crippen molar-refractivity contribution < 1.29 is 29.0 Å². The zero-order valence-corrected chi connectivity index (χ0v) is 29.5. The lowest BCUT2D eigenvalue weighted by molar-refractivity contribution is -0.130. The lowest BCUT2D eigenvalue weighted by Gasteiger charge is -2.28. The molecule has 4 aromatic rings. The Labute approximate surface area is 303 Å². The molecule has 0 spiro atoms. The van der Waals surface area contributed by atoms with Gasteiger partial charge in [-0.25, -0.2) is 0 Å². The number of nitrogens with one attached hydrogen (secondary N) is 4. The minimum atomic E-state index is -0.839. The van der Waals surface area contributed by atoms with Crippen molar-refractivity contribution in [1.82, 2.24) is 31.3 Å². The summed E-state index contributed by atoms with van der Waals surface area (Å²) < 4.78 is 10.6. The van der Waals surface area contributed by atoms with Gasteiger partial charge in [0.2, 0.25) is 17.6 Å². The second-order valence-corrected chi connectivity index (χ2v) is 13.0. The Kier molecular flexibility index (Phi) is 14.4. The first-order valence-corrected chi connectivity index (χ1v) is 17.7. The van der Waals surface area contributed by atoms with Crippen LogP contribution < -0.4 is 21.7 Å². The molecule has 14 heteroatoms. The fraction of sp³-hybridized carbons (Fsp3) is 0.421. The molecule has 1 heterocycles. The van der Waals surface area contributed by atoms with Crippen LogP contribution in [0, 0.1) is 18.8 Å². The number of aryl methyl sites for hydroxylation is 1. The van der Waals surface area contributed by atoms with Crippen molar-refractivity contribution in [2.45, 2.75) is 45.1 Å². The lowest BCUT2D eigenvalue weighted by atomic mass is 9.81. The highest BCUT2D eigenvalue weighted by atomic mass is 16.5. The summed E-state index contributed by atoms with van der Waals surface area (Å²) in [5.41, 5.74) is 11.3. The molecule has 276 valence electrons. The van der Waals surface area contributed by atoms with Crippen LogP contribution in [0.3, 0.4) is 0 Å². The molecule has 1 aromatic heterocycles. The fourth-order valence-electron chi connectivity index (χ4n) is 6.28. The van der Waals surface area contributed by atoms with E-state index in [-0.39, 0.29) is 43.3 Å². The molecule has 52 heavy (non-hydrogen) atoms. The second kappa shape index (κ2) is 19.6. The molecule has 1 aliphatic rings. The van der Waals surface area contributed by atoms with E-state index in [9.17, 15) is 14.4 Å². The van der Waals surface area contributed by atoms with Gasteiger partial charge < -0.3 is 36.3 Å². The summed E-state index contributed by atoms with van der Waals surface area (Å²) in [4.78, 5) is 40.3. The number of carbonyl (C=O) groups is 3. The number of rotatable bonds is 18. The molecule has 3 amide bonds. The van der Waals surface area contributed by atoms with Crippen LogP contribution in [-0.4, -0.2) is 95.6 Å². The fourth-order valence-corrected chi connectivity index (χ4v) is 6.28. The van der Waals surface area contributed by atoms with Gasteiger partial charge in [0.15, 0.2) is 0 Å². The Morgan fingerprint density at radius 2 is 1.71 bits per heavy atom. The molecule has 1 fully saturated rings. The molecule has 1 atom stereocenters. The zero-order chi connectivity index (χ0) is 36.7. The van der Waals surface area contributed by atoms with Gasteiger partial charge in [0.1, 0.15) is 6.04 Å². The monoisotopic (exact) mass is 712 g/mol. The molecule has 0 bridgehead atoms. The van der Waals surface area contributed by atoms with Gasteiger partial charge in [-0.15, -0.1) is 10.2 Å². The molecule has 1 saturated carbocycles. The standard InChI is InChI=1S/C38H48N8O6/c1-25-5-8-31(36(48)40-15-17-51-19-20-52-18-16-47)23-33(25)30-4-2-3-27(21-30)22-34(42-37(49)29-9-6-26(24-39)7-10-29)38(50)41-32-13-11-28(12-14-32)35-43-45-46-44-35/h2-5,8,11-14,21,23,26,29,34,47H,6-7,9-10,15-20,22,24,39H2,1H3,(H,40,48)(H,41,50)(H,42,49)(H,43,44,45,46). The first-order chi connectivity index (χ1) is 25.3. The molecule has 0 radical (unpaired) electrons. The van der Waals surface area contributed by atoms with Crippen LogP contribution in [0.4, 0.5) is 5.69 Å². The van der Waals surface area contributed by atoms with Crippen LogP contribution in [0.5, 0.6) is 0 Å². The molecular formula is C38H48N8O6. The van der Waals surface area contributed by atoms with E-state index in [1.807, 2.05) is 43.3 Å².